The van der Waals surface area contributed by atoms with Crippen molar-refractivity contribution >= 4 is 23.9 Å². The molecule has 0 aromatic heterocycles. The van der Waals surface area contributed by atoms with E-state index in [1.807, 2.05) is 0 Å². The monoisotopic (exact) mass is 486 g/mol. The lowest BCUT2D eigenvalue weighted by Gasteiger charge is -2.35. The van der Waals surface area contributed by atoms with Gasteiger partial charge in [-0.15, -0.1) is 0 Å². The second-order valence-corrected chi connectivity index (χ2v) is 9.42. The number of aliphatic hydroxyl groups is 1. The molecule has 3 unspecified atom stereocenters. The van der Waals surface area contributed by atoms with Gasteiger partial charge in [-0.2, -0.15) is 0 Å². The third kappa shape index (κ3) is 13.1. The van der Waals surface area contributed by atoms with Gasteiger partial charge in [-0.25, -0.2) is 4.79 Å². The molecule has 8 heteroatoms. The number of carbonyl (C=O) groups is 4. The molecule has 0 spiro atoms. The normalized spacial score (nSPS) is 14.7. The molecule has 3 atom stereocenters. The maximum atomic E-state index is 12.8. The van der Waals surface area contributed by atoms with E-state index in [4.69, 9.17) is 4.74 Å². The Kier molecular flexibility index (Phi) is 17.3. The fraction of sp³-hybridized carbons (Fsp3) is 0.846. The molecule has 0 aliphatic rings. The molecule has 8 nitrogen and oxygen atoms in total. The zero-order valence-corrected chi connectivity index (χ0v) is 21.4. The van der Waals surface area contributed by atoms with Crippen LogP contribution in [0.3, 0.4) is 0 Å². The van der Waals surface area contributed by atoms with Crippen LogP contribution in [0.25, 0.3) is 0 Å². The van der Waals surface area contributed by atoms with Gasteiger partial charge in [-0.1, -0.05) is 97.3 Å². The zero-order valence-electron chi connectivity index (χ0n) is 21.4. The first kappa shape index (κ1) is 32.0. The number of ether oxygens (including phenoxy) is 1. The molecule has 0 amide bonds. The molecular formula is C26H46O8. The summed E-state index contributed by atoms with van der Waals surface area (Å²) in [6, 6.07) is 0. The van der Waals surface area contributed by atoms with Gasteiger partial charge >= 0.3 is 23.9 Å². The Morgan fingerprint density at radius 3 is 1.50 bits per heavy atom. The Morgan fingerprint density at radius 1 is 0.735 bits per heavy atom. The zero-order chi connectivity index (χ0) is 26.0. The molecule has 34 heavy (non-hydrogen) atoms. The van der Waals surface area contributed by atoms with E-state index in [0.717, 1.165) is 84.0 Å². The first-order valence-electron chi connectivity index (χ1n) is 13.0. The van der Waals surface area contributed by atoms with E-state index in [1.165, 1.54) is 6.42 Å². The Balaban J connectivity index is 5.61. The third-order valence-electron chi connectivity index (χ3n) is 6.38. The van der Waals surface area contributed by atoms with Crippen LogP contribution in [0.2, 0.25) is 0 Å². The van der Waals surface area contributed by atoms with Gasteiger partial charge in [0.25, 0.3) is 0 Å². The number of hydrogen-bond acceptors (Lipinski definition) is 6. The highest BCUT2D eigenvalue weighted by atomic mass is 16.6. The van der Waals surface area contributed by atoms with Crippen molar-refractivity contribution in [1.29, 1.82) is 0 Å². The van der Waals surface area contributed by atoms with Gasteiger partial charge < -0.3 is 20.1 Å². The minimum atomic E-state index is -2.85. The predicted octanol–water partition coefficient (Wildman–Crippen LogP) is 5.49. The fourth-order valence-electron chi connectivity index (χ4n) is 4.56. The molecule has 0 aromatic rings. The van der Waals surface area contributed by atoms with Crippen molar-refractivity contribution in [2.75, 3.05) is 0 Å². The maximum absolute atomic E-state index is 12.8. The van der Waals surface area contributed by atoms with Crippen LogP contribution in [0.1, 0.15) is 124 Å². The van der Waals surface area contributed by atoms with Crippen molar-refractivity contribution in [2.45, 2.75) is 129 Å². The molecule has 0 saturated carbocycles. The van der Waals surface area contributed by atoms with Gasteiger partial charge in [0.2, 0.25) is 0 Å². The molecule has 0 aliphatic carbocycles. The molecule has 0 heterocycles. The van der Waals surface area contributed by atoms with Crippen molar-refractivity contribution in [3.63, 3.8) is 0 Å². The number of rotatable bonds is 21. The van der Waals surface area contributed by atoms with Crippen molar-refractivity contribution in [1.82, 2.24) is 0 Å². The summed E-state index contributed by atoms with van der Waals surface area (Å²) >= 11 is 0. The number of carboxylic acid groups (broad SMARTS) is 2. The molecule has 0 saturated heterocycles. The summed E-state index contributed by atoms with van der Waals surface area (Å²) in [5, 5.41) is 30.0. The standard InChI is InChI=1S/C26H46O8/c1-4-6-8-10-12-14-16-18-21(17-15-13-11-9-7-5-2)23(24(30)34-20(3)27)26(33,25(31)32)19-22(28)29/h21,23,33H,4-19H2,1-3H3,(H,28,29)(H,31,32). The van der Waals surface area contributed by atoms with E-state index in [2.05, 4.69) is 13.8 Å². The van der Waals surface area contributed by atoms with E-state index >= 15 is 0 Å². The lowest BCUT2D eigenvalue weighted by molar-refractivity contribution is -0.187. The molecule has 0 rings (SSSR count). The van der Waals surface area contributed by atoms with Gasteiger partial charge in [-0.3, -0.25) is 14.4 Å². The molecule has 0 radical (unpaired) electrons. The van der Waals surface area contributed by atoms with E-state index < -0.39 is 47.7 Å². The van der Waals surface area contributed by atoms with Crippen LogP contribution in [0, 0.1) is 11.8 Å². The average Bonchev–Trinajstić information content (AvgIpc) is 2.73. The fourth-order valence-corrected chi connectivity index (χ4v) is 4.56. The van der Waals surface area contributed by atoms with Crippen LogP contribution >= 0.6 is 0 Å². The number of hydrogen-bond donors (Lipinski definition) is 3. The largest absolute Gasteiger partial charge is 0.481 e. The molecule has 0 aliphatic heterocycles. The van der Waals surface area contributed by atoms with Crippen LogP contribution < -0.4 is 0 Å². The molecule has 3 N–H and O–H groups in total. The van der Waals surface area contributed by atoms with Gasteiger partial charge in [0.15, 0.2) is 5.60 Å². The summed E-state index contributed by atoms with van der Waals surface area (Å²) in [6.45, 7) is 5.29. The highest BCUT2D eigenvalue weighted by Gasteiger charge is 2.53. The van der Waals surface area contributed by atoms with Crippen molar-refractivity contribution in [3.05, 3.63) is 0 Å². The van der Waals surface area contributed by atoms with Crippen molar-refractivity contribution in [3.8, 4) is 0 Å². The second-order valence-electron chi connectivity index (χ2n) is 9.42. The van der Waals surface area contributed by atoms with E-state index in [1.54, 1.807) is 0 Å². The lowest BCUT2D eigenvalue weighted by Crippen LogP contribution is -2.54. The first-order chi connectivity index (χ1) is 16.1. The highest BCUT2D eigenvalue weighted by Crippen LogP contribution is 2.37. The van der Waals surface area contributed by atoms with Crippen LogP contribution in [0.4, 0.5) is 0 Å². The molecule has 0 fully saturated rings. The molecule has 0 bridgehead atoms. The van der Waals surface area contributed by atoms with Crippen LogP contribution in [0.15, 0.2) is 0 Å². The summed E-state index contributed by atoms with van der Waals surface area (Å²) in [4.78, 5) is 47.7. The Morgan fingerprint density at radius 2 is 1.15 bits per heavy atom. The van der Waals surface area contributed by atoms with E-state index in [-0.39, 0.29) is 0 Å². The maximum Gasteiger partial charge on any atom is 0.337 e. The minimum absolute atomic E-state index is 0.453. The average molecular weight is 487 g/mol. The molecule has 198 valence electrons. The van der Waals surface area contributed by atoms with Crippen molar-refractivity contribution in [2.24, 2.45) is 11.8 Å². The number of carbonyl (C=O) groups excluding carboxylic acids is 2. The summed E-state index contributed by atoms with van der Waals surface area (Å²) in [5.41, 5.74) is -2.85. The number of carboxylic acids is 2. The van der Waals surface area contributed by atoms with Crippen LogP contribution in [-0.2, 0) is 23.9 Å². The quantitative estimate of drug-likeness (QED) is 0.110. The Bertz CT molecular complexity index is 618. The highest BCUT2D eigenvalue weighted by molar-refractivity contribution is 5.93. The predicted molar refractivity (Wildman–Crippen MR) is 129 cm³/mol. The number of aliphatic carboxylic acids is 2. The Labute approximate surface area is 204 Å². The summed E-state index contributed by atoms with van der Waals surface area (Å²) in [7, 11) is 0. The number of esters is 2. The summed E-state index contributed by atoms with van der Waals surface area (Å²) < 4.78 is 4.71. The van der Waals surface area contributed by atoms with E-state index in [9.17, 15) is 34.5 Å². The van der Waals surface area contributed by atoms with Gasteiger partial charge in [-0.05, 0) is 18.8 Å². The van der Waals surface area contributed by atoms with Crippen LogP contribution in [0.5, 0.6) is 0 Å². The van der Waals surface area contributed by atoms with Gasteiger partial charge in [0.05, 0.1) is 6.42 Å². The summed E-state index contributed by atoms with van der Waals surface area (Å²) in [6.07, 6.45) is 12.9. The smallest absolute Gasteiger partial charge is 0.337 e. The molecular weight excluding hydrogens is 440 g/mol. The van der Waals surface area contributed by atoms with Crippen LogP contribution in [-0.4, -0.2) is 44.8 Å². The first-order valence-corrected chi connectivity index (χ1v) is 13.0. The minimum Gasteiger partial charge on any atom is -0.481 e. The second kappa shape index (κ2) is 18.4. The van der Waals surface area contributed by atoms with Gasteiger partial charge in [0, 0.05) is 6.92 Å². The third-order valence-corrected chi connectivity index (χ3v) is 6.38. The van der Waals surface area contributed by atoms with E-state index in [0.29, 0.717) is 12.8 Å². The lowest BCUT2D eigenvalue weighted by atomic mass is 9.72. The SMILES string of the molecule is CCCCCCCCCC(CCCCCCCC)C(C(=O)OC(C)=O)C(O)(CC(=O)O)C(=O)O. The van der Waals surface area contributed by atoms with Crippen molar-refractivity contribution < 1.29 is 39.2 Å². The summed E-state index contributed by atoms with van der Waals surface area (Å²) in [5.74, 6) is -7.67. The topological polar surface area (TPSA) is 138 Å². The van der Waals surface area contributed by atoms with Gasteiger partial charge in [0.1, 0.15) is 5.92 Å². The number of unbranched alkanes of at least 4 members (excludes halogenated alkanes) is 11. The molecule has 0 aromatic carbocycles. The Hall–Kier alpha value is -1.96.